The lowest BCUT2D eigenvalue weighted by molar-refractivity contribution is 0.0846. The molecule has 1 fully saturated rings. The average molecular weight is 389 g/mol. The van der Waals surface area contributed by atoms with Gasteiger partial charge in [-0.25, -0.2) is 4.99 Å². The van der Waals surface area contributed by atoms with Crippen LogP contribution in [0.3, 0.4) is 0 Å². The monoisotopic (exact) mass is 389 g/mol. The standard InChI is InChI=1S/C20H34BN4OS/c1-7-8-9-23-18-17(15(2)25-12-10-22-11-13-25)16(14-24-18)21-26-19(3,4)20(5,6)27/h8-9,14,22,27H,7,10-13H2,1-6H3,(H,23,24)/b9-8+,17-15+. The van der Waals surface area contributed by atoms with E-state index in [4.69, 9.17) is 17.3 Å². The summed E-state index contributed by atoms with van der Waals surface area (Å²) < 4.78 is 5.89. The third-order valence-electron chi connectivity index (χ3n) is 5.34. The van der Waals surface area contributed by atoms with Crippen LogP contribution in [-0.4, -0.2) is 54.7 Å². The van der Waals surface area contributed by atoms with Crippen LogP contribution < -0.4 is 10.6 Å². The Hall–Kier alpha value is -1.18. The largest absolute Gasteiger partial charge is 0.428 e. The minimum atomic E-state index is -0.413. The van der Waals surface area contributed by atoms with Crippen molar-refractivity contribution in [1.29, 1.82) is 0 Å². The summed E-state index contributed by atoms with van der Waals surface area (Å²) in [5.41, 5.74) is 2.90. The van der Waals surface area contributed by atoms with Crippen LogP contribution in [-0.2, 0) is 4.65 Å². The van der Waals surface area contributed by atoms with E-state index in [2.05, 4.69) is 68.1 Å². The van der Waals surface area contributed by atoms with Crippen LogP contribution in [0.25, 0.3) is 0 Å². The number of rotatable bonds is 7. The number of aliphatic imine (C=N–C) groups is 1. The second-order valence-electron chi connectivity index (χ2n) is 8.02. The first-order valence-corrected chi connectivity index (χ1v) is 10.2. The molecule has 27 heavy (non-hydrogen) atoms. The van der Waals surface area contributed by atoms with Gasteiger partial charge in [0.05, 0.1) is 5.60 Å². The molecule has 0 amide bonds. The Labute approximate surface area is 171 Å². The van der Waals surface area contributed by atoms with Gasteiger partial charge in [0.1, 0.15) is 5.84 Å². The lowest BCUT2D eigenvalue weighted by Gasteiger charge is -2.38. The van der Waals surface area contributed by atoms with Crippen molar-refractivity contribution < 1.29 is 4.65 Å². The molecular formula is C20H34BN4OS. The number of amidine groups is 1. The summed E-state index contributed by atoms with van der Waals surface area (Å²) in [7, 11) is 1.83. The summed E-state index contributed by atoms with van der Waals surface area (Å²) >= 11 is 4.69. The minimum absolute atomic E-state index is 0.272. The van der Waals surface area contributed by atoms with Crippen LogP contribution >= 0.6 is 12.6 Å². The van der Waals surface area contributed by atoms with Crippen molar-refractivity contribution in [2.24, 2.45) is 4.99 Å². The normalized spacial score (nSPS) is 20.6. The molecule has 0 aliphatic carbocycles. The lowest BCUT2D eigenvalue weighted by Crippen LogP contribution is -2.45. The van der Waals surface area contributed by atoms with Gasteiger partial charge in [0.2, 0.25) is 0 Å². The van der Waals surface area contributed by atoms with Crippen LogP contribution in [0.15, 0.2) is 40.2 Å². The van der Waals surface area contributed by atoms with Crippen molar-refractivity contribution in [3.63, 3.8) is 0 Å². The maximum Gasteiger partial charge on any atom is 0.333 e. The minimum Gasteiger partial charge on any atom is -0.428 e. The number of piperazine rings is 1. The summed E-state index contributed by atoms with van der Waals surface area (Å²) in [5.74, 6) is 0.869. The predicted molar refractivity (Wildman–Crippen MR) is 119 cm³/mol. The van der Waals surface area contributed by atoms with E-state index in [1.807, 2.05) is 19.9 Å². The zero-order chi connectivity index (χ0) is 20.1. The van der Waals surface area contributed by atoms with Crippen LogP contribution in [0, 0.1) is 0 Å². The second kappa shape index (κ2) is 9.35. The van der Waals surface area contributed by atoms with Crippen LogP contribution in [0.1, 0.15) is 48.0 Å². The van der Waals surface area contributed by atoms with Crippen molar-refractivity contribution in [2.45, 2.75) is 58.3 Å². The molecule has 0 aromatic carbocycles. The molecule has 0 aromatic heterocycles. The molecule has 1 saturated heterocycles. The van der Waals surface area contributed by atoms with Gasteiger partial charge in [-0.2, -0.15) is 12.6 Å². The van der Waals surface area contributed by atoms with Crippen molar-refractivity contribution >= 4 is 25.9 Å². The summed E-state index contributed by atoms with van der Waals surface area (Å²) in [6.45, 7) is 16.5. The molecule has 2 heterocycles. The molecule has 149 valence electrons. The first kappa shape index (κ1) is 22.1. The Bertz CT molecular complexity index is 641. The molecular weight excluding hydrogens is 355 g/mol. The maximum absolute atomic E-state index is 6.17. The Morgan fingerprint density at radius 1 is 1.37 bits per heavy atom. The van der Waals surface area contributed by atoms with Crippen molar-refractivity contribution in [1.82, 2.24) is 15.5 Å². The zero-order valence-corrected chi connectivity index (χ0v) is 18.5. The van der Waals surface area contributed by atoms with E-state index >= 15 is 0 Å². The molecule has 2 N–H and O–H groups in total. The molecule has 0 atom stereocenters. The van der Waals surface area contributed by atoms with Gasteiger partial charge in [-0.15, -0.1) is 0 Å². The number of allylic oxidation sites excluding steroid dienone is 2. The second-order valence-corrected chi connectivity index (χ2v) is 9.14. The van der Waals surface area contributed by atoms with Gasteiger partial charge in [-0.3, -0.25) is 0 Å². The van der Waals surface area contributed by atoms with Crippen molar-refractivity contribution in [3.05, 3.63) is 35.2 Å². The zero-order valence-electron chi connectivity index (χ0n) is 17.6. The molecule has 0 spiro atoms. The maximum atomic E-state index is 6.17. The fourth-order valence-electron chi connectivity index (χ4n) is 2.75. The van der Waals surface area contributed by atoms with Gasteiger partial charge in [-0.05, 0) is 52.7 Å². The van der Waals surface area contributed by atoms with E-state index in [1.165, 1.54) is 5.70 Å². The smallest absolute Gasteiger partial charge is 0.333 e. The van der Waals surface area contributed by atoms with Crippen molar-refractivity contribution in [2.75, 3.05) is 26.2 Å². The fraction of sp³-hybridized carbons (Fsp3) is 0.650. The molecule has 1 radical (unpaired) electrons. The summed E-state index contributed by atoms with van der Waals surface area (Å²) in [4.78, 5) is 7.02. The van der Waals surface area contributed by atoms with Gasteiger partial charge in [0.15, 0.2) is 0 Å². The quantitative estimate of drug-likeness (QED) is 0.463. The highest BCUT2D eigenvalue weighted by Crippen LogP contribution is 2.32. The molecule has 2 aliphatic rings. The molecule has 5 nitrogen and oxygen atoms in total. The molecule has 0 saturated carbocycles. The topological polar surface area (TPSA) is 48.9 Å². The lowest BCUT2D eigenvalue weighted by atomic mass is 9.79. The fourth-order valence-corrected chi connectivity index (χ4v) is 2.80. The van der Waals surface area contributed by atoms with Gasteiger partial charge < -0.3 is 20.2 Å². The van der Waals surface area contributed by atoms with Gasteiger partial charge in [0, 0.05) is 48.4 Å². The third-order valence-corrected chi connectivity index (χ3v) is 5.88. The SMILES string of the molecule is CC/C=C/NC1=NC=C([B]OC(C)(C)C(C)(C)S)/C1=C(/C)N1CCNCC1. The number of nitrogens with zero attached hydrogens (tertiary/aromatic N) is 2. The summed E-state index contributed by atoms with van der Waals surface area (Å²) in [5, 5.41) is 6.75. The van der Waals surface area contributed by atoms with Gasteiger partial charge >= 0.3 is 7.48 Å². The van der Waals surface area contributed by atoms with Crippen LogP contribution in [0.2, 0.25) is 0 Å². The van der Waals surface area contributed by atoms with E-state index in [-0.39, 0.29) is 4.75 Å². The van der Waals surface area contributed by atoms with E-state index in [9.17, 15) is 0 Å². The Morgan fingerprint density at radius 2 is 2.04 bits per heavy atom. The highest BCUT2D eigenvalue weighted by Gasteiger charge is 2.36. The van der Waals surface area contributed by atoms with Gasteiger partial charge in [-0.1, -0.05) is 13.0 Å². The molecule has 0 aromatic rings. The van der Waals surface area contributed by atoms with E-state index in [0.29, 0.717) is 0 Å². The third kappa shape index (κ3) is 5.65. The number of nitrogens with one attached hydrogen (secondary N) is 2. The number of hydrogen-bond acceptors (Lipinski definition) is 6. The Morgan fingerprint density at radius 3 is 2.63 bits per heavy atom. The molecule has 2 rings (SSSR count). The number of thiol groups is 1. The number of hydrogen-bond donors (Lipinski definition) is 3. The predicted octanol–water partition coefficient (Wildman–Crippen LogP) is 3.06. The molecule has 0 bridgehead atoms. The van der Waals surface area contributed by atoms with Crippen LogP contribution in [0.5, 0.6) is 0 Å². The highest BCUT2D eigenvalue weighted by atomic mass is 32.1. The highest BCUT2D eigenvalue weighted by molar-refractivity contribution is 7.81. The van der Waals surface area contributed by atoms with E-state index < -0.39 is 5.60 Å². The van der Waals surface area contributed by atoms with E-state index in [1.54, 1.807) is 0 Å². The first-order valence-electron chi connectivity index (χ1n) is 9.77. The van der Waals surface area contributed by atoms with E-state index in [0.717, 1.165) is 49.5 Å². The van der Waals surface area contributed by atoms with Crippen molar-refractivity contribution in [3.8, 4) is 0 Å². The summed E-state index contributed by atoms with van der Waals surface area (Å²) in [6, 6.07) is 0. The first-order chi connectivity index (χ1) is 12.7. The Kier molecular flexibility index (Phi) is 7.66. The summed E-state index contributed by atoms with van der Waals surface area (Å²) in [6.07, 6.45) is 6.91. The molecule has 7 heteroatoms. The Balaban J connectivity index is 2.21. The average Bonchev–Trinajstić information content (AvgIpc) is 3.02. The molecule has 0 unspecified atom stereocenters. The van der Waals surface area contributed by atoms with Crippen LogP contribution in [0.4, 0.5) is 0 Å². The van der Waals surface area contributed by atoms with Gasteiger partial charge in [0.25, 0.3) is 0 Å². The molecule has 2 aliphatic heterocycles.